The van der Waals surface area contributed by atoms with Gasteiger partial charge in [-0.25, -0.2) is 4.79 Å². The van der Waals surface area contributed by atoms with E-state index in [1.165, 1.54) is 6.07 Å². The molecule has 2 heterocycles. The van der Waals surface area contributed by atoms with Crippen molar-refractivity contribution in [3.05, 3.63) is 60.2 Å². The summed E-state index contributed by atoms with van der Waals surface area (Å²) in [5.74, 6) is -2.34. The lowest BCUT2D eigenvalue weighted by atomic mass is 9.87. The third-order valence-corrected chi connectivity index (χ3v) is 8.48. The van der Waals surface area contributed by atoms with Crippen LogP contribution < -0.4 is 10.1 Å². The van der Waals surface area contributed by atoms with Gasteiger partial charge in [0, 0.05) is 31.7 Å². The third-order valence-electron chi connectivity index (χ3n) is 8.48. The van der Waals surface area contributed by atoms with Crippen LogP contribution in [0.3, 0.4) is 0 Å². The van der Waals surface area contributed by atoms with E-state index < -0.39 is 97.6 Å². The van der Waals surface area contributed by atoms with Crippen LogP contribution >= 0.6 is 0 Å². The van der Waals surface area contributed by atoms with Crippen LogP contribution in [0.2, 0.25) is 0 Å². The number of rotatable bonds is 16. The first-order chi connectivity index (χ1) is 24.3. The van der Waals surface area contributed by atoms with E-state index in [9.17, 15) is 50.1 Å². The normalized spacial score (nSPS) is 30.4. The van der Waals surface area contributed by atoms with Crippen LogP contribution in [0.15, 0.2) is 54.6 Å². The molecule has 51 heavy (non-hydrogen) atoms. The fraction of sp³-hybridized carbons (Fsp3) is 0.514. The van der Waals surface area contributed by atoms with Crippen LogP contribution in [0.25, 0.3) is 0 Å². The summed E-state index contributed by atoms with van der Waals surface area (Å²) in [5, 5.41) is 77.0. The number of carboxylic acids is 1. The molecule has 278 valence electrons. The zero-order valence-electron chi connectivity index (χ0n) is 27.7. The molecule has 0 aliphatic carbocycles. The fourth-order valence-corrected chi connectivity index (χ4v) is 5.76. The summed E-state index contributed by atoms with van der Waals surface area (Å²) in [6, 6.07) is 13.8. The van der Waals surface area contributed by atoms with Crippen molar-refractivity contribution in [1.82, 2.24) is 5.32 Å². The van der Waals surface area contributed by atoms with E-state index in [1.54, 1.807) is 42.5 Å². The smallest absolute Gasteiger partial charge is 0.364 e. The highest BCUT2D eigenvalue weighted by atomic mass is 16.7. The van der Waals surface area contributed by atoms with Crippen molar-refractivity contribution in [2.24, 2.45) is 0 Å². The number of carboxylic acid groups (broad SMARTS) is 1. The molecule has 0 radical (unpaired) electrons. The van der Waals surface area contributed by atoms with E-state index in [1.807, 2.05) is 6.07 Å². The number of amides is 1. The van der Waals surface area contributed by atoms with Gasteiger partial charge in [0.05, 0.1) is 31.5 Å². The monoisotopic (exact) mass is 717 g/mol. The molecule has 16 heteroatoms. The molecule has 11 atom stereocenters. The molecule has 0 bridgehead atoms. The van der Waals surface area contributed by atoms with Gasteiger partial charge in [0.25, 0.3) is 5.79 Å². The molecular formula is C35H43NO15. The first kappa shape index (κ1) is 39.8. The van der Waals surface area contributed by atoms with Gasteiger partial charge in [0.1, 0.15) is 48.1 Å². The van der Waals surface area contributed by atoms with Crippen LogP contribution in [0.4, 0.5) is 0 Å². The molecule has 2 aromatic rings. The zero-order valence-corrected chi connectivity index (χ0v) is 27.7. The largest absolute Gasteiger partial charge is 0.477 e. The number of hydrogen-bond acceptors (Lipinski definition) is 14. The summed E-state index contributed by atoms with van der Waals surface area (Å²) in [5.41, 5.74) is 0.261. The van der Waals surface area contributed by atoms with Gasteiger partial charge < -0.3 is 64.7 Å². The molecule has 2 aromatic carbocycles. The Kier molecular flexibility index (Phi) is 14.0. The summed E-state index contributed by atoms with van der Waals surface area (Å²) in [6.45, 7) is 0.243. The Labute approximate surface area is 293 Å². The number of ketones is 1. The minimum Gasteiger partial charge on any atom is -0.477 e. The van der Waals surface area contributed by atoms with E-state index in [4.69, 9.17) is 30.1 Å². The van der Waals surface area contributed by atoms with E-state index >= 15 is 0 Å². The molecular weight excluding hydrogens is 674 g/mol. The molecule has 0 aromatic heterocycles. The van der Waals surface area contributed by atoms with Crippen LogP contribution in [-0.4, -0.2) is 134 Å². The molecule has 2 aliphatic heterocycles. The lowest BCUT2D eigenvalue weighted by Gasteiger charge is -2.47. The van der Waals surface area contributed by atoms with Gasteiger partial charge in [0.2, 0.25) is 5.91 Å². The fourth-order valence-electron chi connectivity index (χ4n) is 5.76. The topological polar surface area (TPSA) is 251 Å². The molecule has 2 fully saturated rings. The number of hydrogen-bond donors (Lipinski definition) is 8. The maximum absolute atomic E-state index is 13.1. The summed E-state index contributed by atoms with van der Waals surface area (Å²) >= 11 is 0. The number of ether oxygens (including phenoxy) is 5. The van der Waals surface area contributed by atoms with E-state index in [0.29, 0.717) is 11.5 Å². The van der Waals surface area contributed by atoms with Gasteiger partial charge in [0.15, 0.2) is 12.1 Å². The number of aliphatic hydroxyl groups is 6. The molecule has 2 saturated heterocycles. The first-order valence-electron chi connectivity index (χ1n) is 16.2. The van der Waals surface area contributed by atoms with Crippen molar-refractivity contribution in [2.75, 3.05) is 13.2 Å². The van der Waals surface area contributed by atoms with Crippen LogP contribution in [0, 0.1) is 12.3 Å². The van der Waals surface area contributed by atoms with Crippen molar-refractivity contribution < 1.29 is 73.8 Å². The van der Waals surface area contributed by atoms with Gasteiger partial charge >= 0.3 is 5.97 Å². The summed E-state index contributed by atoms with van der Waals surface area (Å²) in [7, 11) is 0. The standard InChI is InChI=1S/C35H43NO15/c1-3-4-15-47-33-31(44)30(43)29(42)26(50-33)18-48-35(34(45)46)17-25(40)27(36-19(2)37)32(51-35)28(41)24(39)14-13-23(38)20-9-8-12-22(16-20)49-21-10-6-5-7-11-21/h1,5-12,16,24-33,39-44H,4,13-15,17-18H2,2H3,(H,36,37)(H,45,46)/t24-,25+,26-,27-,28-,29+,30+,31-,32?,33-,35-/m1/s1. The van der Waals surface area contributed by atoms with Crippen molar-refractivity contribution in [3.63, 3.8) is 0 Å². The van der Waals surface area contributed by atoms with Crippen LogP contribution in [-0.2, 0) is 28.5 Å². The first-order valence-corrected chi connectivity index (χ1v) is 16.2. The average Bonchev–Trinajstić information content (AvgIpc) is 3.11. The maximum Gasteiger partial charge on any atom is 0.364 e. The van der Waals surface area contributed by atoms with Crippen molar-refractivity contribution in [3.8, 4) is 23.8 Å². The second kappa shape index (κ2) is 18.0. The predicted octanol–water partition coefficient (Wildman–Crippen LogP) is -0.537. The molecule has 16 nitrogen and oxygen atoms in total. The van der Waals surface area contributed by atoms with Gasteiger partial charge in [-0.3, -0.25) is 9.59 Å². The summed E-state index contributed by atoms with van der Waals surface area (Å²) < 4.78 is 27.9. The Morgan fingerprint density at radius 1 is 1.02 bits per heavy atom. The van der Waals surface area contributed by atoms with Gasteiger partial charge in [-0.1, -0.05) is 30.3 Å². The van der Waals surface area contributed by atoms with Crippen molar-refractivity contribution >= 4 is 17.7 Å². The Bertz CT molecular complexity index is 1520. The number of carbonyl (C=O) groups is 3. The lowest BCUT2D eigenvalue weighted by molar-refractivity contribution is -0.338. The molecule has 1 amide bonds. The predicted molar refractivity (Wildman–Crippen MR) is 174 cm³/mol. The highest BCUT2D eigenvalue weighted by Crippen LogP contribution is 2.35. The van der Waals surface area contributed by atoms with Gasteiger partial charge in [-0.15, -0.1) is 12.3 Å². The SMILES string of the molecule is C#CCCO[C@@H]1O[C@H](CO[C@]2(C(=O)O)C[C@H](O)[C@@H](NC(C)=O)C([C@H](O)[C@H](O)CCC(=O)c3cccc(Oc4ccccc4)c3)O2)[C@H](O)[C@H](O)[C@H]1O. The number of para-hydroxylation sites is 1. The number of terminal acetylenes is 1. The summed E-state index contributed by atoms with van der Waals surface area (Å²) in [6.07, 6.45) is -11.5. The Morgan fingerprint density at radius 2 is 1.73 bits per heavy atom. The van der Waals surface area contributed by atoms with Gasteiger partial charge in [-0.05, 0) is 30.7 Å². The molecule has 0 saturated carbocycles. The number of aliphatic carboxylic acids is 1. The number of carbonyl (C=O) groups excluding carboxylic acids is 2. The molecule has 1 unspecified atom stereocenters. The summed E-state index contributed by atoms with van der Waals surface area (Å²) in [4.78, 5) is 37.7. The Hall–Kier alpha value is -3.99. The molecule has 0 spiro atoms. The third kappa shape index (κ3) is 10.1. The minimum absolute atomic E-state index is 0.0733. The minimum atomic E-state index is -2.74. The lowest BCUT2D eigenvalue weighted by Crippen LogP contribution is -2.68. The number of aliphatic hydroxyl groups excluding tert-OH is 6. The quantitative estimate of drug-likeness (QED) is 0.0617. The highest BCUT2D eigenvalue weighted by Gasteiger charge is 2.56. The maximum atomic E-state index is 13.1. The Morgan fingerprint density at radius 3 is 2.39 bits per heavy atom. The van der Waals surface area contributed by atoms with Gasteiger partial charge in [-0.2, -0.15) is 0 Å². The van der Waals surface area contributed by atoms with Crippen LogP contribution in [0.5, 0.6) is 11.5 Å². The highest BCUT2D eigenvalue weighted by molar-refractivity contribution is 5.96. The van der Waals surface area contributed by atoms with E-state index in [0.717, 1.165) is 6.92 Å². The molecule has 2 aliphatic rings. The Balaban J connectivity index is 1.46. The van der Waals surface area contributed by atoms with Crippen LogP contribution in [0.1, 0.15) is 43.0 Å². The van der Waals surface area contributed by atoms with Crippen molar-refractivity contribution in [1.29, 1.82) is 0 Å². The molecule has 8 N–H and O–H groups in total. The zero-order chi connectivity index (χ0) is 37.3. The van der Waals surface area contributed by atoms with E-state index in [-0.39, 0.29) is 31.4 Å². The number of nitrogens with one attached hydrogen (secondary N) is 1. The van der Waals surface area contributed by atoms with Crippen molar-refractivity contribution in [2.45, 2.75) is 99.6 Å². The second-order valence-electron chi connectivity index (χ2n) is 12.3. The second-order valence-corrected chi connectivity index (χ2v) is 12.3. The van der Waals surface area contributed by atoms with E-state index in [2.05, 4.69) is 11.2 Å². The molecule has 4 rings (SSSR count). The average molecular weight is 718 g/mol. The number of Topliss-reactive ketones (excluding diaryl/α,β-unsaturated/α-hetero) is 1. The number of benzene rings is 2.